The number of hydrogen-bond donors (Lipinski definition) is 1. The Balaban J connectivity index is 1.55. The van der Waals surface area contributed by atoms with Gasteiger partial charge >= 0.3 is 5.76 Å². The van der Waals surface area contributed by atoms with E-state index < -0.39 is 5.76 Å². The van der Waals surface area contributed by atoms with E-state index in [1.54, 1.807) is 28.8 Å². The molecule has 3 rings (SSSR count). The molecule has 134 valence electrons. The zero-order valence-corrected chi connectivity index (χ0v) is 14.3. The number of rotatable bonds is 8. The highest BCUT2D eigenvalue weighted by Crippen LogP contribution is 2.18. The van der Waals surface area contributed by atoms with E-state index >= 15 is 0 Å². The number of fused-ring (bicyclic) bond motifs is 1. The van der Waals surface area contributed by atoms with Crippen molar-refractivity contribution in [1.29, 1.82) is 0 Å². The third-order valence-electron chi connectivity index (χ3n) is 3.84. The number of ether oxygens (including phenoxy) is 1. The number of carbonyl (C=O) groups excluding carboxylic acids is 1. The Labute approximate surface area is 150 Å². The van der Waals surface area contributed by atoms with Crippen LogP contribution in [0.4, 0.5) is 5.69 Å². The first kappa shape index (κ1) is 17.5. The first-order chi connectivity index (χ1) is 12.7. The molecule has 1 N–H and O–H groups in total. The first-order valence-corrected chi connectivity index (χ1v) is 8.39. The van der Waals surface area contributed by atoms with Crippen molar-refractivity contribution < 1.29 is 13.9 Å². The Morgan fingerprint density at radius 3 is 2.92 bits per heavy atom. The lowest BCUT2D eigenvalue weighted by Gasteiger charge is -2.08. The average Bonchev–Trinajstić information content (AvgIpc) is 2.96. The molecule has 0 atom stereocenters. The van der Waals surface area contributed by atoms with Crippen LogP contribution in [0, 0.1) is 0 Å². The fraction of sp³-hybridized carbons (Fsp3) is 0.200. The van der Waals surface area contributed by atoms with Crippen LogP contribution in [0.5, 0.6) is 5.75 Å². The lowest BCUT2D eigenvalue weighted by atomic mass is 10.2. The third kappa shape index (κ3) is 4.22. The monoisotopic (exact) mass is 352 g/mol. The minimum atomic E-state index is -0.404. The van der Waals surface area contributed by atoms with Gasteiger partial charge in [-0.15, -0.1) is 0 Å². The number of hydrogen-bond acceptors (Lipinski definition) is 4. The van der Waals surface area contributed by atoms with E-state index in [1.165, 1.54) is 0 Å². The molecule has 0 unspecified atom stereocenters. The summed E-state index contributed by atoms with van der Waals surface area (Å²) in [5.74, 6) is 0.143. The summed E-state index contributed by atoms with van der Waals surface area (Å²) in [5.41, 5.74) is 1.96. The van der Waals surface area contributed by atoms with E-state index in [4.69, 9.17) is 9.15 Å². The highest BCUT2D eigenvalue weighted by molar-refractivity contribution is 5.90. The summed E-state index contributed by atoms with van der Waals surface area (Å²) in [6.07, 6.45) is 2.48. The van der Waals surface area contributed by atoms with Crippen LogP contribution in [0.25, 0.3) is 11.1 Å². The van der Waals surface area contributed by atoms with Gasteiger partial charge in [-0.05, 0) is 30.7 Å². The largest absolute Gasteiger partial charge is 0.489 e. The van der Waals surface area contributed by atoms with Crippen molar-refractivity contribution in [2.45, 2.75) is 19.4 Å². The van der Waals surface area contributed by atoms with Crippen LogP contribution >= 0.6 is 0 Å². The molecule has 0 aliphatic carbocycles. The van der Waals surface area contributed by atoms with E-state index in [0.29, 0.717) is 43.0 Å². The van der Waals surface area contributed by atoms with E-state index in [-0.39, 0.29) is 5.91 Å². The van der Waals surface area contributed by atoms with E-state index in [1.807, 2.05) is 30.3 Å². The maximum atomic E-state index is 12.1. The molecule has 26 heavy (non-hydrogen) atoms. The van der Waals surface area contributed by atoms with Crippen LogP contribution in [0.2, 0.25) is 0 Å². The number of benzene rings is 2. The molecule has 1 heterocycles. The van der Waals surface area contributed by atoms with Gasteiger partial charge in [0, 0.05) is 24.7 Å². The summed E-state index contributed by atoms with van der Waals surface area (Å²) in [5, 5.41) is 2.84. The molecule has 1 aromatic heterocycles. The van der Waals surface area contributed by atoms with Gasteiger partial charge in [-0.1, -0.05) is 30.9 Å². The summed E-state index contributed by atoms with van der Waals surface area (Å²) in [6.45, 7) is 4.43. The van der Waals surface area contributed by atoms with Gasteiger partial charge in [-0.25, -0.2) is 4.79 Å². The van der Waals surface area contributed by atoms with E-state index in [2.05, 4.69) is 11.9 Å². The maximum Gasteiger partial charge on any atom is 0.419 e. The molecule has 2 aromatic carbocycles. The number of amides is 1. The molecule has 0 fully saturated rings. The molecule has 0 radical (unpaired) electrons. The topological polar surface area (TPSA) is 73.5 Å². The molecule has 0 bridgehead atoms. The van der Waals surface area contributed by atoms with Crippen molar-refractivity contribution in [3.8, 4) is 5.75 Å². The minimum Gasteiger partial charge on any atom is -0.489 e. The maximum absolute atomic E-state index is 12.1. The molecule has 0 spiro atoms. The van der Waals surface area contributed by atoms with Gasteiger partial charge in [0.15, 0.2) is 5.58 Å². The van der Waals surface area contributed by atoms with Gasteiger partial charge in [-0.3, -0.25) is 9.36 Å². The van der Waals surface area contributed by atoms with Gasteiger partial charge in [0.05, 0.1) is 5.52 Å². The molecule has 3 aromatic rings. The number of para-hydroxylation sites is 2. The minimum absolute atomic E-state index is 0.119. The van der Waals surface area contributed by atoms with Crippen molar-refractivity contribution in [2.24, 2.45) is 0 Å². The Morgan fingerprint density at radius 1 is 1.23 bits per heavy atom. The number of aryl methyl sites for hydroxylation is 1. The number of oxazole rings is 1. The van der Waals surface area contributed by atoms with Crippen LogP contribution < -0.4 is 15.8 Å². The molecular formula is C20H20N2O4. The lowest BCUT2D eigenvalue weighted by Crippen LogP contribution is -2.17. The van der Waals surface area contributed by atoms with Crippen molar-refractivity contribution in [2.75, 3.05) is 11.9 Å². The summed E-state index contributed by atoms with van der Waals surface area (Å²) in [6, 6.07) is 14.4. The number of anilines is 1. The van der Waals surface area contributed by atoms with Crippen LogP contribution in [0.1, 0.15) is 12.8 Å². The highest BCUT2D eigenvalue weighted by atomic mass is 16.5. The standard InChI is InChI=1S/C20H20N2O4/c1-2-13-25-16-8-5-7-15(14-16)21-19(23)11-6-12-22-17-9-3-4-10-18(17)26-20(22)24/h2-5,7-10,14H,1,6,11-13H2,(H,21,23). The summed E-state index contributed by atoms with van der Waals surface area (Å²) < 4.78 is 12.2. The van der Waals surface area contributed by atoms with Crippen LogP contribution in [0.3, 0.4) is 0 Å². The van der Waals surface area contributed by atoms with Crippen molar-refractivity contribution in [3.05, 3.63) is 71.7 Å². The summed E-state index contributed by atoms with van der Waals surface area (Å²) in [4.78, 5) is 24.0. The second kappa shape index (κ2) is 8.20. The molecule has 6 heteroatoms. The summed E-state index contributed by atoms with van der Waals surface area (Å²) in [7, 11) is 0. The van der Waals surface area contributed by atoms with E-state index in [9.17, 15) is 9.59 Å². The number of aromatic nitrogens is 1. The third-order valence-corrected chi connectivity index (χ3v) is 3.84. The second-order valence-electron chi connectivity index (χ2n) is 5.77. The second-order valence-corrected chi connectivity index (χ2v) is 5.77. The zero-order valence-electron chi connectivity index (χ0n) is 14.3. The molecule has 1 amide bonds. The SMILES string of the molecule is C=CCOc1cccc(NC(=O)CCCn2c(=O)oc3ccccc32)c1. The Morgan fingerprint density at radius 2 is 2.08 bits per heavy atom. The average molecular weight is 352 g/mol. The molecule has 0 aliphatic rings. The molecule has 6 nitrogen and oxygen atoms in total. The van der Waals surface area contributed by atoms with Gasteiger partial charge in [0.1, 0.15) is 12.4 Å². The normalized spacial score (nSPS) is 10.6. The van der Waals surface area contributed by atoms with Crippen LogP contribution in [0.15, 0.2) is 70.4 Å². The predicted octanol–water partition coefficient (Wildman–Crippen LogP) is 3.58. The van der Waals surface area contributed by atoms with Crippen molar-refractivity contribution in [3.63, 3.8) is 0 Å². The molecular weight excluding hydrogens is 332 g/mol. The van der Waals surface area contributed by atoms with Gasteiger partial charge in [-0.2, -0.15) is 0 Å². The van der Waals surface area contributed by atoms with Gasteiger partial charge < -0.3 is 14.5 Å². The van der Waals surface area contributed by atoms with Crippen molar-refractivity contribution in [1.82, 2.24) is 4.57 Å². The number of nitrogens with one attached hydrogen (secondary N) is 1. The predicted molar refractivity (Wildman–Crippen MR) is 100 cm³/mol. The lowest BCUT2D eigenvalue weighted by molar-refractivity contribution is -0.116. The molecule has 0 saturated heterocycles. The first-order valence-electron chi connectivity index (χ1n) is 8.39. The number of nitrogens with zero attached hydrogens (tertiary/aromatic N) is 1. The van der Waals surface area contributed by atoms with Gasteiger partial charge in [0.25, 0.3) is 0 Å². The quantitative estimate of drug-likeness (QED) is 0.629. The molecule has 0 saturated carbocycles. The van der Waals surface area contributed by atoms with Crippen molar-refractivity contribution >= 4 is 22.7 Å². The fourth-order valence-corrected chi connectivity index (χ4v) is 2.67. The van der Waals surface area contributed by atoms with Gasteiger partial charge in [0.2, 0.25) is 5.91 Å². The fourth-order valence-electron chi connectivity index (χ4n) is 2.67. The van der Waals surface area contributed by atoms with Crippen LogP contribution in [-0.4, -0.2) is 17.1 Å². The Hall–Kier alpha value is -3.28. The molecule has 0 aliphatic heterocycles. The highest BCUT2D eigenvalue weighted by Gasteiger charge is 2.09. The Kier molecular flexibility index (Phi) is 5.53. The summed E-state index contributed by atoms with van der Waals surface area (Å²) >= 11 is 0. The van der Waals surface area contributed by atoms with Crippen LogP contribution in [-0.2, 0) is 11.3 Å². The van der Waals surface area contributed by atoms with E-state index in [0.717, 1.165) is 5.52 Å². The zero-order chi connectivity index (χ0) is 18.4. The smallest absolute Gasteiger partial charge is 0.419 e. The number of carbonyl (C=O) groups is 1. The Bertz CT molecular complexity index is 971.